The number of rotatable bonds is 4. The fraction of sp³-hybridized carbons (Fsp3) is 0.714. The number of carbonyl (C=O) groups is 4. The molecule has 0 aromatic heterocycles. The van der Waals surface area contributed by atoms with Gasteiger partial charge in [-0.15, -0.1) is 0 Å². The molecular formula is C14H16O4. The molecule has 0 aliphatic heterocycles. The number of aldehydes is 4. The Labute approximate surface area is 105 Å². The highest BCUT2D eigenvalue weighted by Gasteiger charge is 2.72. The van der Waals surface area contributed by atoms with Crippen molar-refractivity contribution in [1.82, 2.24) is 0 Å². The molecule has 0 amide bonds. The van der Waals surface area contributed by atoms with E-state index in [1.807, 2.05) is 0 Å². The monoisotopic (exact) mass is 248 g/mol. The molecular weight excluding hydrogens is 232 g/mol. The van der Waals surface area contributed by atoms with Crippen LogP contribution in [0.25, 0.3) is 0 Å². The summed E-state index contributed by atoms with van der Waals surface area (Å²) in [5.41, 5.74) is -3.28. The van der Waals surface area contributed by atoms with Crippen molar-refractivity contribution in [2.45, 2.75) is 32.1 Å². The third kappa shape index (κ3) is 0.990. The van der Waals surface area contributed by atoms with Crippen LogP contribution in [0.3, 0.4) is 0 Å². The van der Waals surface area contributed by atoms with E-state index in [0.717, 1.165) is 19.0 Å². The van der Waals surface area contributed by atoms with Crippen LogP contribution in [-0.2, 0) is 19.2 Å². The highest BCUT2D eigenvalue weighted by atomic mass is 16.1. The van der Waals surface area contributed by atoms with Gasteiger partial charge in [0.25, 0.3) is 0 Å². The van der Waals surface area contributed by atoms with E-state index in [0.29, 0.717) is 50.1 Å². The molecule has 4 heteroatoms. The van der Waals surface area contributed by atoms with E-state index < -0.39 is 16.2 Å². The van der Waals surface area contributed by atoms with Gasteiger partial charge in [0.15, 0.2) is 0 Å². The third-order valence-corrected chi connectivity index (χ3v) is 5.75. The van der Waals surface area contributed by atoms with Crippen LogP contribution in [0.2, 0.25) is 0 Å². The van der Waals surface area contributed by atoms with Gasteiger partial charge in [-0.1, -0.05) is 0 Å². The first-order chi connectivity index (χ1) is 8.61. The average Bonchev–Trinajstić information content (AvgIpc) is 2.38. The number of carbonyl (C=O) groups excluding carboxylic acids is 4. The van der Waals surface area contributed by atoms with Gasteiger partial charge in [-0.3, -0.25) is 0 Å². The summed E-state index contributed by atoms with van der Waals surface area (Å²) >= 11 is 0. The molecule has 0 N–H and O–H groups in total. The Morgan fingerprint density at radius 1 is 0.667 bits per heavy atom. The van der Waals surface area contributed by atoms with Gasteiger partial charge in [0.1, 0.15) is 30.6 Å². The molecule has 4 fully saturated rings. The van der Waals surface area contributed by atoms with Crippen molar-refractivity contribution in [3.05, 3.63) is 0 Å². The van der Waals surface area contributed by atoms with Crippen LogP contribution in [-0.4, -0.2) is 25.1 Å². The Balaban J connectivity index is 2.25. The van der Waals surface area contributed by atoms with E-state index in [1.165, 1.54) is 0 Å². The maximum atomic E-state index is 11.6. The van der Waals surface area contributed by atoms with Gasteiger partial charge in [-0.2, -0.15) is 0 Å². The maximum absolute atomic E-state index is 11.6. The van der Waals surface area contributed by atoms with E-state index >= 15 is 0 Å². The molecule has 0 atom stereocenters. The molecule has 18 heavy (non-hydrogen) atoms. The predicted octanol–water partition coefficient (Wildman–Crippen LogP) is 0.965. The summed E-state index contributed by atoms with van der Waals surface area (Å²) in [5, 5.41) is 0. The first-order valence-electron chi connectivity index (χ1n) is 6.46. The maximum Gasteiger partial charge on any atom is 0.135 e. The number of hydrogen-bond donors (Lipinski definition) is 0. The minimum absolute atomic E-state index is 0.306. The standard InChI is InChI=1S/C14H16O4/c15-6-12-2-10-1-11(4-12)5-13(3-10,7-16)14(12,8-17)9-18/h6-11H,1-5H2. The van der Waals surface area contributed by atoms with Crippen LogP contribution < -0.4 is 0 Å². The van der Waals surface area contributed by atoms with Crippen molar-refractivity contribution in [2.24, 2.45) is 28.1 Å². The highest BCUT2D eigenvalue weighted by molar-refractivity contribution is 5.96. The zero-order valence-corrected chi connectivity index (χ0v) is 10.1. The van der Waals surface area contributed by atoms with Crippen molar-refractivity contribution >= 4 is 25.1 Å². The minimum Gasteiger partial charge on any atom is -0.303 e. The van der Waals surface area contributed by atoms with Crippen LogP contribution in [0.4, 0.5) is 0 Å². The first-order valence-corrected chi connectivity index (χ1v) is 6.46. The van der Waals surface area contributed by atoms with E-state index in [9.17, 15) is 19.2 Å². The van der Waals surface area contributed by atoms with E-state index in [2.05, 4.69) is 0 Å². The van der Waals surface area contributed by atoms with Crippen LogP contribution in [0.15, 0.2) is 0 Å². The predicted molar refractivity (Wildman–Crippen MR) is 61.6 cm³/mol. The topological polar surface area (TPSA) is 68.3 Å². The Hall–Kier alpha value is -1.32. The molecule has 0 unspecified atom stereocenters. The smallest absolute Gasteiger partial charge is 0.135 e. The molecule has 96 valence electrons. The fourth-order valence-electron chi connectivity index (χ4n) is 5.23. The summed E-state index contributed by atoms with van der Waals surface area (Å²) in [6.45, 7) is 0. The van der Waals surface area contributed by atoms with Crippen molar-refractivity contribution in [1.29, 1.82) is 0 Å². The molecule has 4 aliphatic rings. The molecule has 4 bridgehead atoms. The van der Waals surface area contributed by atoms with E-state index in [-0.39, 0.29) is 0 Å². The Bertz CT molecular complexity index is 387. The lowest BCUT2D eigenvalue weighted by molar-refractivity contribution is -0.200. The van der Waals surface area contributed by atoms with Crippen LogP contribution in [0, 0.1) is 28.1 Å². The molecule has 0 aromatic rings. The molecule has 0 spiro atoms. The molecule has 0 aromatic carbocycles. The lowest BCUT2D eigenvalue weighted by Gasteiger charge is -2.65. The zero-order chi connectivity index (χ0) is 13.0. The first kappa shape index (κ1) is 11.8. The Morgan fingerprint density at radius 2 is 1.06 bits per heavy atom. The Kier molecular flexibility index (Phi) is 2.20. The molecule has 0 heterocycles. The Morgan fingerprint density at radius 3 is 1.33 bits per heavy atom. The second-order valence-electron chi connectivity index (χ2n) is 6.44. The quantitative estimate of drug-likeness (QED) is 0.549. The largest absolute Gasteiger partial charge is 0.303 e. The third-order valence-electron chi connectivity index (χ3n) is 5.75. The van der Waals surface area contributed by atoms with Crippen LogP contribution in [0.5, 0.6) is 0 Å². The summed E-state index contributed by atoms with van der Waals surface area (Å²) < 4.78 is 0. The highest BCUT2D eigenvalue weighted by Crippen LogP contribution is 2.71. The molecule has 4 nitrogen and oxygen atoms in total. The molecule has 0 radical (unpaired) electrons. The zero-order valence-electron chi connectivity index (χ0n) is 10.1. The lowest BCUT2D eigenvalue weighted by Crippen LogP contribution is -2.68. The normalized spacial score (nSPS) is 47.6. The molecule has 0 saturated heterocycles. The molecule has 4 rings (SSSR count). The SMILES string of the molecule is O=CC12CC3CC(C1)CC(C=O)(C3)C2(C=O)C=O. The van der Waals surface area contributed by atoms with Crippen LogP contribution in [0.1, 0.15) is 32.1 Å². The lowest BCUT2D eigenvalue weighted by atomic mass is 9.34. The van der Waals surface area contributed by atoms with Crippen molar-refractivity contribution in [3.8, 4) is 0 Å². The molecule has 4 saturated carbocycles. The minimum atomic E-state index is -1.42. The summed E-state index contributed by atoms with van der Waals surface area (Å²) in [6, 6.07) is 0. The van der Waals surface area contributed by atoms with Gasteiger partial charge in [0.05, 0.1) is 0 Å². The van der Waals surface area contributed by atoms with Crippen molar-refractivity contribution in [2.75, 3.05) is 0 Å². The van der Waals surface area contributed by atoms with Gasteiger partial charge >= 0.3 is 0 Å². The fourth-order valence-corrected chi connectivity index (χ4v) is 5.23. The van der Waals surface area contributed by atoms with E-state index in [1.54, 1.807) is 0 Å². The van der Waals surface area contributed by atoms with E-state index in [4.69, 9.17) is 0 Å². The second-order valence-corrected chi connectivity index (χ2v) is 6.44. The summed E-state index contributed by atoms with van der Waals surface area (Å²) in [4.78, 5) is 46.5. The van der Waals surface area contributed by atoms with Gasteiger partial charge in [0, 0.05) is 10.8 Å². The summed E-state index contributed by atoms with van der Waals surface area (Å²) in [6.07, 6.45) is 6.09. The van der Waals surface area contributed by atoms with Gasteiger partial charge in [-0.25, -0.2) is 0 Å². The second kappa shape index (κ2) is 3.37. The van der Waals surface area contributed by atoms with Crippen LogP contribution >= 0.6 is 0 Å². The molecule has 4 aliphatic carbocycles. The summed E-state index contributed by atoms with van der Waals surface area (Å²) in [5.74, 6) is 0.613. The van der Waals surface area contributed by atoms with Gasteiger partial charge in [-0.05, 0) is 43.9 Å². The van der Waals surface area contributed by atoms with Crippen molar-refractivity contribution < 1.29 is 19.2 Å². The van der Waals surface area contributed by atoms with Gasteiger partial charge < -0.3 is 19.2 Å². The van der Waals surface area contributed by atoms with Crippen molar-refractivity contribution in [3.63, 3.8) is 0 Å². The average molecular weight is 248 g/mol. The summed E-state index contributed by atoms with van der Waals surface area (Å²) in [7, 11) is 0. The van der Waals surface area contributed by atoms with Gasteiger partial charge in [0.2, 0.25) is 0 Å². The number of hydrogen-bond acceptors (Lipinski definition) is 4.